The molecule has 118 valence electrons. The number of aliphatic hydroxyl groups excluding tert-OH is 1. The van der Waals surface area contributed by atoms with Gasteiger partial charge in [-0.25, -0.2) is 4.68 Å². The number of rotatable bonds is 5. The molecule has 3 rings (SSSR count). The molecule has 2 aromatic heterocycles. The predicted octanol–water partition coefficient (Wildman–Crippen LogP) is 1.84. The van der Waals surface area contributed by atoms with E-state index in [0.29, 0.717) is 22.9 Å². The number of aliphatic hydroxyl groups is 1. The number of nitrogens with zero attached hydrogens (tertiary/aromatic N) is 4. The van der Waals surface area contributed by atoms with E-state index in [-0.39, 0.29) is 6.61 Å². The minimum Gasteiger partial charge on any atom is -0.493 e. The fourth-order valence-corrected chi connectivity index (χ4v) is 2.35. The molecule has 0 amide bonds. The first kappa shape index (κ1) is 15.0. The van der Waals surface area contributed by atoms with E-state index in [0.717, 1.165) is 11.3 Å². The number of hydrogen-bond donors (Lipinski definition) is 1. The Hall–Kier alpha value is -2.93. The van der Waals surface area contributed by atoms with Gasteiger partial charge < -0.3 is 14.6 Å². The molecular weight excluding hydrogens is 296 g/mol. The van der Waals surface area contributed by atoms with Gasteiger partial charge in [0.1, 0.15) is 11.4 Å². The first-order chi connectivity index (χ1) is 11.3. The molecule has 0 bridgehead atoms. The Morgan fingerprint density at radius 1 is 1.13 bits per heavy atom. The van der Waals surface area contributed by atoms with Crippen LogP contribution in [-0.4, -0.2) is 39.3 Å². The molecule has 23 heavy (non-hydrogen) atoms. The van der Waals surface area contributed by atoms with Crippen LogP contribution in [-0.2, 0) is 6.61 Å². The van der Waals surface area contributed by atoms with Gasteiger partial charge in [0.25, 0.3) is 0 Å². The van der Waals surface area contributed by atoms with E-state index in [1.54, 1.807) is 43.4 Å². The van der Waals surface area contributed by atoms with Crippen LogP contribution in [0.4, 0.5) is 0 Å². The Bertz CT molecular complexity index is 802. The van der Waals surface area contributed by atoms with Gasteiger partial charge in [0.15, 0.2) is 11.5 Å². The zero-order chi connectivity index (χ0) is 16.2. The summed E-state index contributed by atoms with van der Waals surface area (Å²) in [6.07, 6.45) is 3.39. The second kappa shape index (κ2) is 6.45. The van der Waals surface area contributed by atoms with Gasteiger partial charge in [-0.2, -0.15) is 0 Å². The number of benzene rings is 1. The van der Waals surface area contributed by atoms with Crippen molar-refractivity contribution in [3.05, 3.63) is 48.4 Å². The summed E-state index contributed by atoms with van der Waals surface area (Å²) in [4.78, 5) is 4.12. The molecular formula is C16H16N4O3. The summed E-state index contributed by atoms with van der Waals surface area (Å²) in [7, 11) is 3.15. The number of methoxy groups -OCH3 is 2. The van der Waals surface area contributed by atoms with E-state index in [4.69, 9.17) is 9.47 Å². The van der Waals surface area contributed by atoms with Crippen molar-refractivity contribution in [1.29, 1.82) is 0 Å². The zero-order valence-electron chi connectivity index (χ0n) is 12.8. The molecule has 0 atom stereocenters. The molecule has 0 radical (unpaired) electrons. The minimum absolute atomic E-state index is 0.211. The molecule has 7 heteroatoms. The summed E-state index contributed by atoms with van der Waals surface area (Å²) in [6.45, 7) is -0.211. The van der Waals surface area contributed by atoms with Crippen LogP contribution in [0.25, 0.3) is 16.9 Å². The highest BCUT2D eigenvalue weighted by Crippen LogP contribution is 2.31. The van der Waals surface area contributed by atoms with Crippen LogP contribution in [0.2, 0.25) is 0 Å². The van der Waals surface area contributed by atoms with Crippen molar-refractivity contribution in [2.24, 2.45) is 0 Å². The average molecular weight is 312 g/mol. The van der Waals surface area contributed by atoms with Crippen LogP contribution < -0.4 is 9.47 Å². The van der Waals surface area contributed by atoms with Gasteiger partial charge in [0.2, 0.25) is 0 Å². The quantitative estimate of drug-likeness (QED) is 0.774. The molecule has 0 saturated heterocycles. The first-order valence-electron chi connectivity index (χ1n) is 6.96. The normalized spacial score (nSPS) is 10.6. The van der Waals surface area contributed by atoms with Crippen molar-refractivity contribution < 1.29 is 14.6 Å². The monoisotopic (exact) mass is 312 g/mol. The highest BCUT2D eigenvalue weighted by molar-refractivity contribution is 5.64. The molecule has 1 aromatic carbocycles. The molecule has 2 heterocycles. The van der Waals surface area contributed by atoms with E-state index in [2.05, 4.69) is 15.3 Å². The van der Waals surface area contributed by atoms with Gasteiger partial charge in [-0.15, -0.1) is 5.10 Å². The summed E-state index contributed by atoms with van der Waals surface area (Å²) in [5.41, 5.74) is 2.73. The van der Waals surface area contributed by atoms with Crippen LogP contribution >= 0.6 is 0 Å². The van der Waals surface area contributed by atoms with Crippen LogP contribution in [0.1, 0.15) is 5.69 Å². The largest absolute Gasteiger partial charge is 0.493 e. The highest BCUT2D eigenvalue weighted by atomic mass is 16.5. The van der Waals surface area contributed by atoms with E-state index >= 15 is 0 Å². The zero-order valence-corrected chi connectivity index (χ0v) is 12.8. The van der Waals surface area contributed by atoms with Gasteiger partial charge in [-0.3, -0.25) is 4.98 Å². The number of aromatic nitrogens is 4. The lowest BCUT2D eigenvalue weighted by molar-refractivity contribution is 0.277. The lowest BCUT2D eigenvalue weighted by atomic mass is 10.1. The molecule has 0 spiro atoms. The summed E-state index contributed by atoms with van der Waals surface area (Å²) >= 11 is 0. The summed E-state index contributed by atoms with van der Waals surface area (Å²) in [5.74, 6) is 1.21. The Kier molecular flexibility index (Phi) is 4.20. The van der Waals surface area contributed by atoms with E-state index in [9.17, 15) is 5.11 Å². The molecule has 0 aliphatic carbocycles. The van der Waals surface area contributed by atoms with Gasteiger partial charge in [-0.1, -0.05) is 5.21 Å². The number of ether oxygens (including phenoxy) is 2. The van der Waals surface area contributed by atoms with E-state index in [1.165, 1.54) is 0 Å². The van der Waals surface area contributed by atoms with Crippen molar-refractivity contribution >= 4 is 0 Å². The highest BCUT2D eigenvalue weighted by Gasteiger charge is 2.17. The van der Waals surface area contributed by atoms with Crippen LogP contribution in [0.15, 0.2) is 42.7 Å². The van der Waals surface area contributed by atoms with Crippen molar-refractivity contribution in [3.63, 3.8) is 0 Å². The van der Waals surface area contributed by atoms with E-state index in [1.807, 2.05) is 18.2 Å². The van der Waals surface area contributed by atoms with Gasteiger partial charge in [0, 0.05) is 24.0 Å². The fourth-order valence-electron chi connectivity index (χ4n) is 2.35. The first-order valence-corrected chi connectivity index (χ1v) is 6.96. The molecule has 7 nitrogen and oxygen atoms in total. The molecule has 0 unspecified atom stereocenters. The summed E-state index contributed by atoms with van der Waals surface area (Å²) in [5, 5.41) is 17.7. The van der Waals surface area contributed by atoms with Crippen molar-refractivity contribution in [2.75, 3.05) is 14.2 Å². The third-order valence-corrected chi connectivity index (χ3v) is 3.44. The second-order valence-corrected chi connectivity index (χ2v) is 4.74. The smallest absolute Gasteiger partial charge is 0.162 e. The van der Waals surface area contributed by atoms with Crippen molar-refractivity contribution in [2.45, 2.75) is 6.61 Å². The Labute approximate surface area is 133 Å². The van der Waals surface area contributed by atoms with Gasteiger partial charge in [-0.05, 0) is 24.3 Å². The topological polar surface area (TPSA) is 82.3 Å². The predicted molar refractivity (Wildman–Crippen MR) is 83.6 cm³/mol. The molecule has 0 aliphatic rings. The Morgan fingerprint density at radius 2 is 1.96 bits per heavy atom. The third-order valence-electron chi connectivity index (χ3n) is 3.44. The van der Waals surface area contributed by atoms with Gasteiger partial charge in [0.05, 0.1) is 26.5 Å². The van der Waals surface area contributed by atoms with E-state index < -0.39 is 0 Å². The summed E-state index contributed by atoms with van der Waals surface area (Å²) in [6, 6.07) is 9.15. The standard InChI is InChI=1S/C16H16N4O3/c1-22-14-6-5-12(8-15(14)23-2)20-16(13(10-21)18-19-20)11-4-3-7-17-9-11/h3-9,21H,10H2,1-2H3. The van der Waals surface area contributed by atoms with Crippen LogP contribution in [0, 0.1) is 0 Å². The second-order valence-electron chi connectivity index (χ2n) is 4.74. The molecule has 1 N–H and O–H groups in total. The SMILES string of the molecule is COc1ccc(-n2nnc(CO)c2-c2cccnc2)cc1OC. The minimum atomic E-state index is -0.211. The average Bonchev–Trinajstić information content (AvgIpc) is 3.05. The van der Waals surface area contributed by atoms with Crippen LogP contribution in [0.3, 0.4) is 0 Å². The maximum absolute atomic E-state index is 9.54. The van der Waals surface area contributed by atoms with Crippen molar-refractivity contribution in [1.82, 2.24) is 20.0 Å². The maximum Gasteiger partial charge on any atom is 0.162 e. The van der Waals surface area contributed by atoms with Crippen LogP contribution in [0.5, 0.6) is 11.5 Å². The van der Waals surface area contributed by atoms with Gasteiger partial charge >= 0.3 is 0 Å². The maximum atomic E-state index is 9.54. The third kappa shape index (κ3) is 2.74. The lowest BCUT2D eigenvalue weighted by Crippen LogP contribution is -2.02. The fraction of sp³-hybridized carbons (Fsp3) is 0.188. The molecule has 0 aliphatic heterocycles. The molecule has 0 saturated carbocycles. The Morgan fingerprint density at radius 3 is 2.61 bits per heavy atom. The number of pyridine rings is 1. The molecule has 3 aromatic rings. The molecule has 0 fully saturated rings. The number of hydrogen-bond acceptors (Lipinski definition) is 6. The van der Waals surface area contributed by atoms with Crippen molar-refractivity contribution in [3.8, 4) is 28.4 Å². The lowest BCUT2D eigenvalue weighted by Gasteiger charge is -2.11. The summed E-state index contributed by atoms with van der Waals surface area (Å²) < 4.78 is 12.2. The Balaban J connectivity index is 2.16.